The predicted octanol–water partition coefficient (Wildman–Crippen LogP) is 3.08. The van der Waals surface area contributed by atoms with Crippen LogP contribution in [0.3, 0.4) is 0 Å². The van der Waals surface area contributed by atoms with Crippen molar-refractivity contribution in [3.05, 3.63) is 35.9 Å². The van der Waals surface area contributed by atoms with E-state index in [9.17, 15) is 0 Å². The number of piperidine rings is 1. The van der Waals surface area contributed by atoms with Gasteiger partial charge in [-0.05, 0) is 64.1 Å². The molecule has 2 aliphatic heterocycles. The van der Waals surface area contributed by atoms with Crippen LogP contribution in [-0.4, -0.2) is 37.1 Å². The van der Waals surface area contributed by atoms with Crippen LogP contribution < -0.4 is 5.32 Å². The van der Waals surface area contributed by atoms with Crippen molar-refractivity contribution >= 4 is 0 Å². The minimum absolute atomic E-state index is 0.687. The first-order chi connectivity index (χ1) is 9.78. The monoisotopic (exact) mass is 272 g/mol. The van der Waals surface area contributed by atoms with Gasteiger partial charge in [0.2, 0.25) is 0 Å². The average molecular weight is 272 g/mol. The molecular formula is C18H28N2. The highest BCUT2D eigenvalue weighted by atomic mass is 15.2. The molecule has 1 N–H and O–H groups in total. The Kier molecular flexibility index (Phi) is 4.42. The summed E-state index contributed by atoms with van der Waals surface area (Å²) in [7, 11) is 4.48. The van der Waals surface area contributed by atoms with Crippen LogP contribution in [0, 0.1) is 5.92 Å². The van der Waals surface area contributed by atoms with E-state index in [-0.39, 0.29) is 0 Å². The van der Waals surface area contributed by atoms with Crippen molar-refractivity contribution in [3.8, 4) is 0 Å². The molecule has 2 bridgehead atoms. The maximum absolute atomic E-state index is 3.61. The summed E-state index contributed by atoms with van der Waals surface area (Å²) >= 11 is 0. The third kappa shape index (κ3) is 2.91. The molecule has 0 radical (unpaired) electrons. The zero-order valence-electron chi connectivity index (χ0n) is 12.9. The molecule has 0 saturated carbocycles. The van der Waals surface area contributed by atoms with E-state index in [1.807, 2.05) is 0 Å². The molecule has 0 aromatic heterocycles. The van der Waals surface area contributed by atoms with Crippen LogP contribution >= 0.6 is 0 Å². The molecule has 2 heteroatoms. The Balaban J connectivity index is 1.57. The van der Waals surface area contributed by atoms with Crippen molar-refractivity contribution in [1.82, 2.24) is 10.2 Å². The number of fused-ring (bicyclic) bond motifs is 2. The van der Waals surface area contributed by atoms with Gasteiger partial charge in [0.25, 0.3) is 0 Å². The van der Waals surface area contributed by atoms with Crippen LogP contribution in [0.15, 0.2) is 30.3 Å². The van der Waals surface area contributed by atoms with Gasteiger partial charge in [0.05, 0.1) is 0 Å². The lowest BCUT2D eigenvalue weighted by atomic mass is 9.83. The molecule has 1 aromatic carbocycles. The van der Waals surface area contributed by atoms with E-state index in [1.54, 1.807) is 0 Å². The second kappa shape index (κ2) is 6.28. The Morgan fingerprint density at radius 2 is 1.80 bits per heavy atom. The minimum atomic E-state index is 0.687. The van der Waals surface area contributed by atoms with E-state index in [0.29, 0.717) is 6.04 Å². The highest BCUT2D eigenvalue weighted by molar-refractivity contribution is 5.15. The standard InChI is InChI=1S/C18H28N2/c1-19-18(11-8-14-6-4-3-5-7-14)15-12-16-9-10-17(13-15)20(16)2/h3-7,15-19H,8-13H2,1-2H3. The summed E-state index contributed by atoms with van der Waals surface area (Å²) in [5, 5.41) is 3.61. The van der Waals surface area contributed by atoms with Crippen LogP contribution in [0.2, 0.25) is 0 Å². The van der Waals surface area contributed by atoms with Crippen LogP contribution in [0.25, 0.3) is 0 Å². The second-order valence-corrected chi connectivity index (χ2v) is 6.70. The van der Waals surface area contributed by atoms with Crippen LogP contribution in [-0.2, 0) is 6.42 Å². The highest BCUT2D eigenvalue weighted by Gasteiger charge is 2.40. The second-order valence-electron chi connectivity index (χ2n) is 6.70. The quantitative estimate of drug-likeness (QED) is 0.886. The first kappa shape index (κ1) is 14.1. The highest BCUT2D eigenvalue weighted by Crippen LogP contribution is 2.39. The maximum atomic E-state index is 3.61. The van der Waals surface area contributed by atoms with Gasteiger partial charge in [-0.25, -0.2) is 0 Å². The van der Waals surface area contributed by atoms with Crippen LogP contribution in [0.4, 0.5) is 0 Å². The van der Waals surface area contributed by atoms with E-state index in [0.717, 1.165) is 18.0 Å². The van der Waals surface area contributed by atoms with E-state index >= 15 is 0 Å². The Hall–Kier alpha value is -0.860. The third-order valence-electron chi connectivity index (χ3n) is 5.66. The topological polar surface area (TPSA) is 15.3 Å². The first-order valence-corrected chi connectivity index (χ1v) is 8.21. The Labute approximate surface area is 123 Å². The lowest BCUT2D eigenvalue weighted by Crippen LogP contribution is -2.46. The molecule has 3 unspecified atom stereocenters. The zero-order chi connectivity index (χ0) is 13.9. The number of nitrogens with one attached hydrogen (secondary N) is 1. The van der Waals surface area contributed by atoms with Gasteiger partial charge in [0.15, 0.2) is 0 Å². The van der Waals surface area contributed by atoms with Gasteiger partial charge in [-0.1, -0.05) is 30.3 Å². The molecule has 0 amide bonds. The van der Waals surface area contributed by atoms with Gasteiger partial charge in [-0.3, -0.25) is 0 Å². The van der Waals surface area contributed by atoms with Gasteiger partial charge in [-0.2, -0.15) is 0 Å². The molecule has 2 heterocycles. The molecule has 2 nitrogen and oxygen atoms in total. The SMILES string of the molecule is CNC(CCc1ccccc1)C1CC2CCC(C1)N2C. The molecule has 2 aliphatic rings. The molecule has 0 aliphatic carbocycles. The van der Waals surface area contributed by atoms with Crippen molar-refractivity contribution in [2.45, 2.75) is 56.7 Å². The Bertz CT molecular complexity index is 403. The fourth-order valence-electron chi connectivity index (χ4n) is 4.36. The minimum Gasteiger partial charge on any atom is -0.317 e. The van der Waals surface area contributed by atoms with Crippen molar-refractivity contribution in [2.75, 3.05) is 14.1 Å². The number of benzene rings is 1. The van der Waals surface area contributed by atoms with Crippen molar-refractivity contribution in [1.29, 1.82) is 0 Å². The normalized spacial score (nSPS) is 31.4. The summed E-state index contributed by atoms with van der Waals surface area (Å²) in [5.41, 5.74) is 1.48. The fourth-order valence-corrected chi connectivity index (χ4v) is 4.36. The lowest BCUT2D eigenvalue weighted by molar-refractivity contribution is 0.112. The van der Waals surface area contributed by atoms with Gasteiger partial charge < -0.3 is 10.2 Å². The van der Waals surface area contributed by atoms with E-state index < -0.39 is 0 Å². The predicted molar refractivity (Wildman–Crippen MR) is 84.9 cm³/mol. The van der Waals surface area contributed by atoms with Crippen molar-refractivity contribution in [2.24, 2.45) is 5.92 Å². The summed E-state index contributed by atoms with van der Waals surface area (Å²) in [4.78, 5) is 2.64. The summed E-state index contributed by atoms with van der Waals surface area (Å²) < 4.78 is 0. The van der Waals surface area contributed by atoms with E-state index in [1.165, 1.54) is 44.1 Å². The van der Waals surface area contributed by atoms with Crippen LogP contribution in [0.1, 0.15) is 37.7 Å². The third-order valence-corrected chi connectivity index (χ3v) is 5.66. The van der Waals surface area contributed by atoms with Crippen molar-refractivity contribution < 1.29 is 0 Å². The van der Waals surface area contributed by atoms with Crippen molar-refractivity contribution in [3.63, 3.8) is 0 Å². The molecular weight excluding hydrogens is 244 g/mol. The molecule has 3 rings (SSSR count). The molecule has 2 saturated heterocycles. The number of hydrogen-bond donors (Lipinski definition) is 1. The smallest absolute Gasteiger partial charge is 0.00989 e. The molecule has 0 spiro atoms. The maximum Gasteiger partial charge on any atom is 0.00989 e. The Morgan fingerprint density at radius 1 is 1.15 bits per heavy atom. The molecule has 1 aromatic rings. The summed E-state index contributed by atoms with van der Waals surface area (Å²) in [5.74, 6) is 0.873. The molecule has 110 valence electrons. The lowest BCUT2D eigenvalue weighted by Gasteiger charge is -2.40. The summed E-state index contributed by atoms with van der Waals surface area (Å²) in [6, 6.07) is 13.3. The fraction of sp³-hybridized carbons (Fsp3) is 0.667. The van der Waals surface area contributed by atoms with Crippen LogP contribution in [0.5, 0.6) is 0 Å². The number of rotatable bonds is 5. The molecule has 20 heavy (non-hydrogen) atoms. The van der Waals surface area contributed by atoms with E-state index in [4.69, 9.17) is 0 Å². The summed E-state index contributed by atoms with van der Waals surface area (Å²) in [6.45, 7) is 0. The molecule has 2 fully saturated rings. The first-order valence-electron chi connectivity index (χ1n) is 8.21. The summed E-state index contributed by atoms with van der Waals surface area (Å²) in [6.07, 6.45) is 8.11. The number of aryl methyl sites for hydroxylation is 1. The largest absolute Gasteiger partial charge is 0.317 e. The average Bonchev–Trinajstić information content (AvgIpc) is 2.71. The van der Waals surface area contributed by atoms with Gasteiger partial charge in [-0.15, -0.1) is 0 Å². The Morgan fingerprint density at radius 3 is 2.40 bits per heavy atom. The van der Waals surface area contributed by atoms with Gasteiger partial charge >= 0.3 is 0 Å². The van der Waals surface area contributed by atoms with E-state index in [2.05, 4.69) is 54.6 Å². The molecule has 3 atom stereocenters. The van der Waals surface area contributed by atoms with Gasteiger partial charge in [0, 0.05) is 18.1 Å². The number of nitrogens with zero attached hydrogens (tertiary/aromatic N) is 1. The van der Waals surface area contributed by atoms with Gasteiger partial charge in [0.1, 0.15) is 0 Å². The zero-order valence-corrected chi connectivity index (χ0v) is 12.9. The number of hydrogen-bond acceptors (Lipinski definition) is 2.